The van der Waals surface area contributed by atoms with Crippen molar-refractivity contribution in [3.05, 3.63) is 60.8 Å². The molecule has 0 amide bonds. The van der Waals surface area contributed by atoms with Gasteiger partial charge < -0.3 is 20.1 Å². The number of unbranched alkanes of at least 4 members (excludes halogenated alkanes) is 46. The molecule has 2 atom stereocenters. The SMILES string of the molecule is CC/C=C\C/C=C\C/C=C\C/C=C\C/C=C\CCCCCCCCCCCCCCCCCCCC(=O)OC(COC(=O)CCCCCCCCCCCCCCCCCCCCCCCCCCCCCCCC)COP(=O)(O)OCCN. The topological polar surface area (TPSA) is 134 Å². The zero-order chi connectivity index (χ0) is 60.9. The molecule has 10 heteroatoms. The van der Waals surface area contributed by atoms with Crippen molar-refractivity contribution in [2.24, 2.45) is 5.73 Å². The number of ether oxygens (including phenoxy) is 2. The van der Waals surface area contributed by atoms with Crippen LogP contribution in [0.2, 0.25) is 0 Å². The zero-order valence-electron chi connectivity index (χ0n) is 55.4. The minimum absolute atomic E-state index is 0.0548. The van der Waals surface area contributed by atoms with Crippen molar-refractivity contribution in [2.75, 3.05) is 26.4 Å². The second kappa shape index (κ2) is 69.8. The molecule has 84 heavy (non-hydrogen) atoms. The van der Waals surface area contributed by atoms with Gasteiger partial charge in [-0.2, -0.15) is 0 Å². The van der Waals surface area contributed by atoms with Gasteiger partial charge in [0.1, 0.15) is 6.61 Å². The molecule has 0 fully saturated rings. The predicted octanol–water partition coefficient (Wildman–Crippen LogP) is 23.8. The van der Waals surface area contributed by atoms with Crippen LogP contribution in [0.25, 0.3) is 0 Å². The molecule has 492 valence electrons. The summed E-state index contributed by atoms with van der Waals surface area (Å²) < 4.78 is 33.2. The van der Waals surface area contributed by atoms with Gasteiger partial charge in [0.15, 0.2) is 6.10 Å². The molecule has 0 aromatic rings. The van der Waals surface area contributed by atoms with E-state index in [1.165, 1.54) is 263 Å². The number of hydrogen-bond acceptors (Lipinski definition) is 8. The number of phosphoric ester groups is 1. The van der Waals surface area contributed by atoms with Gasteiger partial charge in [0.05, 0.1) is 13.2 Å². The predicted molar refractivity (Wildman–Crippen MR) is 363 cm³/mol. The van der Waals surface area contributed by atoms with Crippen LogP contribution < -0.4 is 5.73 Å². The van der Waals surface area contributed by atoms with E-state index in [0.717, 1.165) is 70.6 Å². The first-order chi connectivity index (χ1) is 41.3. The Balaban J connectivity index is 3.82. The average molecular weight is 1200 g/mol. The number of carbonyl (C=O) groups excluding carboxylic acids is 2. The molecule has 2 unspecified atom stereocenters. The van der Waals surface area contributed by atoms with Crippen molar-refractivity contribution in [3.63, 3.8) is 0 Å². The van der Waals surface area contributed by atoms with E-state index in [-0.39, 0.29) is 38.6 Å². The largest absolute Gasteiger partial charge is 0.472 e. The molecule has 0 aromatic carbocycles. The van der Waals surface area contributed by atoms with E-state index < -0.39 is 26.5 Å². The van der Waals surface area contributed by atoms with Crippen LogP contribution in [0.4, 0.5) is 0 Å². The molecule has 0 aromatic heterocycles. The van der Waals surface area contributed by atoms with Crippen LogP contribution in [-0.4, -0.2) is 49.3 Å². The fourth-order valence-electron chi connectivity index (χ4n) is 10.8. The lowest BCUT2D eigenvalue weighted by atomic mass is 10.0. The lowest BCUT2D eigenvalue weighted by molar-refractivity contribution is -0.161. The van der Waals surface area contributed by atoms with Crippen molar-refractivity contribution < 1.29 is 37.6 Å². The first-order valence-corrected chi connectivity index (χ1v) is 37.8. The van der Waals surface area contributed by atoms with Gasteiger partial charge in [-0.15, -0.1) is 0 Å². The Bertz CT molecular complexity index is 1560. The summed E-state index contributed by atoms with van der Waals surface area (Å²) >= 11 is 0. The third-order valence-electron chi connectivity index (χ3n) is 16.2. The van der Waals surface area contributed by atoms with Crippen LogP contribution in [0, 0.1) is 0 Å². The Kier molecular flexibility index (Phi) is 67.9. The van der Waals surface area contributed by atoms with Crippen LogP contribution in [0.3, 0.4) is 0 Å². The monoisotopic (exact) mass is 1200 g/mol. The van der Waals surface area contributed by atoms with E-state index in [2.05, 4.69) is 74.6 Å². The van der Waals surface area contributed by atoms with Crippen molar-refractivity contribution >= 4 is 19.8 Å². The first kappa shape index (κ1) is 81.7. The molecule has 0 heterocycles. The van der Waals surface area contributed by atoms with E-state index in [1.807, 2.05) is 0 Å². The molecule has 0 aliphatic rings. The molecule has 3 N–H and O–H groups in total. The van der Waals surface area contributed by atoms with E-state index in [0.29, 0.717) is 6.42 Å². The van der Waals surface area contributed by atoms with Crippen LogP contribution in [0.5, 0.6) is 0 Å². The molecule has 0 aliphatic carbocycles. The highest BCUT2D eigenvalue weighted by Gasteiger charge is 2.26. The number of allylic oxidation sites excluding steroid dienone is 10. The lowest BCUT2D eigenvalue weighted by Gasteiger charge is -2.19. The van der Waals surface area contributed by atoms with Gasteiger partial charge in [0.25, 0.3) is 0 Å². The molecular weight excluding hydrogens is 1060 g/mol. The number of phosphoric acid groups is 1. The van der Waals surface area contributed by atoms with E-state index in [9.17, 15) is 19.0 Å². The standard InChI is InChI=1S/C74H138NO8P/c1-3-5-7-9-11-13-15-17-19-21-23-25-27-29-31-33-35-36-37-39-41-43-45-47-49-51-53-55-57-59-61-63-65-67-74(77)83-72(71-82-84(78,79)81-69-68-75)70-80-73(76)66-64-62-60-58-56-54-52-50-48-46-44-42-40-38-34-32-30-28-26-24-22-20-18-16-14-12-10-8-6-4-2/h5,7,11,13,17,19,23,25,29,31,72H,3-4,6,8-10,12,14-16,18,20-22,24,26-28,30,32-71,75H2,1-2H3,(H,78,79)/b7-5-,13-11-,19-17-,25-23-,31-29-. The normalized spacial score (nSPS) is 13.2. The number of hydrogen-bond donors (Lipinski definition) is 2. The second-order valence-corrected chi connectivity index (χ2v) is 25.9. The third-order valence-corrected chi connectivity index (χ3v) is 17.2. The molecular formula is C74H138NO8P. The third kappa shape index (κ3) is 68.8. The smallest absolute Gasteiger partial charge is 0.462 e. The number of nitrogens with two attached hydrogens (primary N) is 1. The van der Waals surface area contributed by atoms with Gasteiger partial charge >= 0.3 is 19.8 Å². The summed E-state index contributed by atoms with van der Waals surface area (Å²) in [5.74, 6) is -0.807. The van der Waals surface area contributed by atoms with Crippen molar-refractivity contribution in [1.29, 1.82) is 0 Å². The molecule has 0 bridgehead atoms. The molecule has 9 nitrogen and oxygen atoms in total. The van der Waals surface area contributed by atoms with Gasteiger partial charge in [-0.05, 0) is 57.8 Å². The molecule has 0 saturated carbocycles. The quantitative estimate of drug-likeness (QED) is 0.0264. The van der Waals surface area contributed by atoms with Gasteiger partial charge in [0.2, 0.25) is 0 Å². The Morgan fingerprint density at radius 3 is 0.976 bits per heavy atom. The number of rotatable bonds is 69. The summed E-state index contributed by atoms with van der Waals surface area (Å²) in [5, 5.41) is 0. The van der Waals surface area contributed by atoms with Crippen LogP contribution in [0.15, 0.2) is 60.8 Å². The maximum Gasteiger partial charge on any atom is 0.472 e. The van der Waals surface area contributed by atoms with Gasteiger partial charge in [0, 0.05) is 19.4 Å². The minimum Gasteiger partial charge on any atom is -0.462 e. The molecule has 0 spiro atoms. The summed E-state index contributed by atoms with van der Waals surface area (Å²) in [4.78, 5) is 35.4. The summed E-state index contributed by atoms with van der Waals surface area (Å²) in [7, 11) is -4.39. The van der Waals surface area contributed by atoms with Crippen molar-refractivity contribution in [2.45, 2.75) is 373 Å². The van der Waals surface area contributed by atoms with Gasteiger partial charge in [-0.3, -0.25) is 18.6 Å². The van der Waals surface area contributed by atoms with Gasteiger partial charge in [-0.1, -0.05) is 357 Å². The Hall–Kier alpha value is -2.29. The van der Waals surface area contributed by atoms with Crippen molar-refractivity contribution in [3.8, 4) is 0 Å². The molecule has 0 aliphatic heterocycles. The lowest BCUT2D eigenvalue weighted by Crippen LogP contribution is -2.29. The van der Waals surface area contributed by atoms with Crippen LogP contribution >= 0.6 is 7.82 Å². The summed E-state index contributed by atoms with van der Waals surface area (Å²) in [5.41, 5.74) is 5.41. The number of esters is 2. The average Bonchev–Trinajstić information content (AvgIpc) is 3.55. The van der Waals surface area contributed by atoms with E-state index in [4.69, 9.17) is 24.3 Å². The first-order valence-electron chi connectivity index (χ1n) is 36.3. The fourth-order valence-corrected chi connectivity index (χ4v) is 11.6. The molecule has 0 saturated heterocycles. The fraction of sp³-hybridized carbons (Fsp3) is 0.838. The van der Waals surface area contributed by atoms with Crippen LogP contribution in [-0.2, 0) is 32.7 Å². The maximum absolute atomic E-state index is 12.8. The minimum atomic E-state index is -4.39. The summed E-state index contributed by atoms with van der Waals surface area (Å²) in [6, 6.07) is 0. The highest BCUT2D eigenvalue weighted by atomic mass is 31.2. The van der Waals surface area contributed by atoms with E-state index in [1.54, 1.807) is 0 Å². The Labute approximate surface area is 520 Å². The Morgan fingerprint density at radius 1 is 0.369 bits per heavy atom. The highest BCUT2D eigenvalue weighted by Crippen LogP contribution is 2.43. The Morgan fingerprint density at radius 2 is 0.655 bits per heavy atom. The van der Waals surface area contributed by atoms with Gasteiger partial charge in [-0.25, -0.2) is 4.57 Å². The summed E-state index contributed by atoms with van der Waals surface area (Å²) in [6.45, 7) is 3.70. The van der Waals surface area contributed by atoms with Crippen LogP contribution in [0.1, 0.15) is 367 Å². The molecule has 0 rings (SSSR count). The maximum atomic E-state index is 12.8. The highest BCUT2D eigenvalue weighted by molar-refractivity contribution is 7.47. The summed E-state index contributed by atoms with van der Waals surface area (Å²) in [6.07, 6.45) is 90.5. The van der Waals surface area contributed by atoms with E-state index >= 15 is 0 Å². The van der Waals surface area contributed by atoms with Crippen molar-refractivity contribution in [1.82, 2.24) is 0 Å². The number of carbonyl (C=O) groups is 2. The second-order valence-electron chi connectivity index (χ2n) is 24.4. The zero-order valence-corrected chi connectivity index (χ0v) is 56.3. The molecule has 0 radical (unpaired) electrons.